The second-order valence-electron chi connectivity index (χ2n) is 8.28. The van der Waals surface area contributed by atoms with Gasteiger partial charge in [-0.1, -0.05) is 55.5 Å². The van der Waals surface area contributed by atoms with E-state index >= 15 is 0 Å². The van der Waals surface area contributed by atoms with E-state index in [-0.39, 0.29) is 18.3 Å². The maximum Gasteiger partial charge on any atom is 0.336 e. The lowest BCUT2D eigenvalue weighted by atomic mass is 9.71. The molecule has 33 heavy (non-hydrogen) atoms. The Morgan fingerprint density at radius 2 is 1.85 bits per heavy atom. The van der Waals surface area contributed by atoms with E-state index in [9.17, 15) is 14.0 Å². The molecule has 0 spiro atoms. The first-order valence-electron chi connectivity index (χ1n) is 11.3. The van der Waals surface area contributed by atoms with Crippen molar-refractivity contribution in [3.63, 3.8) is 0 Å². The van der Waals surface area contributed by atoms with E-state index < -0.39 is 17.7 Å². The number of ether oxygens (including phenoxy) is 1. The molecule has 2 atom stereocenters. The molecule has 4 rings (SSSR count). The third-order valence-corrected chi connectivity index (χ3v) is 7.06. The van der Waals surface area contributed by atoms with E-state index in [1.807, 2.05) is 37.3 Å². The molecule has 2 aromatic rings. The zero-order chi connectivity index (χ0) is 23.4. The van der Waals surface area contributed by atoms with Crippen LogP contribution in [0.1, 0.15) is 49.7 Å². The number of dihydropyridines is 1. The Bertz CT molecular complexity index is 1110. The van der Waals surface area contributed by atoms with Crippen LogP contribution in [0.25, 0.3) is 0 Å². The van der Waals surface area contributed by atoms with Crippen LogP contribution in [0.3, 0.4) is 0 Å². The van der Waals surface area contributed by atoms with Gasteiger partial charge in [0.25, 0.3) is 0 Å². The molecular formula is C27H28FNO3S. The molecule has 1 aliphatic carbocycles. The van der Waals surface area contributed by atoms with Crippen molar-refractivity contribution >= 4 is 23.5 Å². The number of esters is 1. The summed E-state index contributed by atoms with van der Waals surface area (Å²) in [4.78, 5) is 26.6. The first-order chi connectivity index (χ1) is 16.0. The molecule has 4 nitrogen and oxygen atoms in total. The van der Waals surface area contributed by atoms with Crippen LogP contribution in [-0.4, -0.2) is 29.9 Å². The number of hydrogen-bond acceptors (Lipinski definition) is 5. The molecule has 2 aliphatic rings. The summed E-state index contributed by atoms with van der Waals surface area (Å²) < 4.78 is 20.5. The molecule has 1 N–H and O–H groups in total. The first-order valence-corrected chi connectivity index (χ1v) is 12.4. The molecule has 0 aromatic heterocycles. The van der Waals surface area contributed by atoms with Gasteiger partial charge in [-0.05, 0) is 36.6 Å². The molecule has 0 radical (unpaired) electrons. The SMILES string of the molecule is CCSCCOC(=O)C1=C(C)NC2=C(C(=O)C[C@H](c3ccccc3)C2)[C@@H]1c1ccccc1F. The molecule has 1 aliphatic heterocycles. The Kier molecular flexibility index (Phi) is 7.33. The zero-order valence-corrected chi connectivity index (χ0v) is 19.7. The van der Waals surface area contributed by atoms with Gasteiger partial charge in [-0.2, -0.15) is 11.8 Å². The van der Waals surface area contributed by atoms with Crippen molar-refractivity contribution in [1.82, 2.24) is 5.32 Å². The van der Waals surface area contributed by atoms with E-state index in [4.69, 9.17) is 4.74 Å². The van der Waals surface area contributed by atoms with Crippen molar-refractivity contribution < 1.29 is 18.7 Å². The van der Waals surface area contributed by atoms with Crippen LogP contribution in [0.5, 0.6) is 0 Å². The molecule has 0 unspecified atom stereocenters. The summed E-state index contributed by atoms with van der Waals surface area (Å²) in [5.74, 6) is -0.116. The largest absolute Gasteiger partial charge is 0.461 e. The highest BCUT2D eigenvalue weighted by molar-refractivity contribution is 7.99. The maximum absolute atomic E-state index is 15.0. The number of halogens is 1. The number of carbonyl (C=O) groups is 2. The fourth-order valence-electron chi connectivity index (χ4n) is 4.71. The van der Waals surface area contributed by atoms with Gasteiger partial charge in [0.05, 0.1) is 11.5 Å². The number of nitrogens with one attached hydrogen (secondary N) is 1. The summed E-state index contributed by atoms with van der Waals surface area (Å²) in [5, 5.41) is 3.31. The summed E-state index contributed by atoms with van der Waals surface area (Å²) in [6, 6.07) is 16.3. The number of rotatable bonds is 7. The van der Waals surface area contributed by atoms with E-state index in [2.05, 4.69) is 5.32 Å². The third kappa shape index (κ3) is 4.91. The van der Waals surface area contributed by atoms with Crippen molar-refractivity contribution in [1.29, 1.82) is 0 Å². The molecule has 0 saturated carbocycles. The van der Waals surface area contributed by atoms with E-state index in [1.165, 1.54) is 6.07 Å². The Hall–Kier alpha value is -2.86. The van der Waals surface area contributed by atoms with E-state index in [0.29, 0.717) is 41.0 Å². The number of benzene rings is 2. The highest BCUT2D eigenvalue weighted by Crippen LogP contribution is 2.46. The van der Waals surface area contributed by atoms with Gasteiger partial charge in [-0.15, -0.1) is 0 Å². The van der Waals surface area contributed by atoms with Gasteiger partial charge in [0.1, 0.15) is 12.4 Å². The van der Waals surface area contributed by atoms with Crippen molar-refractivity contribution in [2.45, 2.75) is 38.5 Å². The minimum atomic E-state index is -0.780. The number of carbonyl (C=O) groups excluding carboxylic acids is 2. The monoisotopic (exact) mass is 465 g/mol. The fraction of sp³-hybridized carbons (Fsp3) is 0.333. The topological polar surface area (TPSA) is 55.4 Å². The summed E-state index contributed by atoms with van der Waals surface area (Å²) in [6.45, 7) is 4.11. The van der Waals surface area contributed by atoms with Crippen LogP contribution in [0.15, 0.2) is 77.1 Å². The summed E-state index contributed by atoms with van der Waals surface area (Å²) >= 11 is 1.68. The van der Waals surface area contributed by atoms with E-state index in [0.717, 1.165) is 17.0 Å². The highest BCUT2D eigenvalue weighted by atomic mass is 32.2. The molecule has 1 heterocycles. The molecule has 0 fully saturated rings. The maximum atomic E-state index is 15.0. The summed E-state index contributed by atoms with van der Waals surface area (Å²) in [5.41, 5.74) is 3.59. The van der Waals surface area contributed by atoms with Crippen LogP contribution >= 0.6 is 11.8 Å². The molecule has 0 bridgehead atoms. The molecule has 6 heteroatoms. The first kappa shape index (κ1) is 23.3. The van der Waals surface area contributed by atoms with Crippen molar-refractivity contribution in [2.75, 3.05) is 18.1 Å². The number of ketones is 1. The van der Waals surface area contributed by atoms with Gasteiger partial charge in [-0.3, -0.25) is 4.79 Å². The lowest BCUT2D eigenvalue weighted by Gasteiger charge is -2.36. The van der Waals surface area contributed by atoms with Gasteiger partial charge >= 0.3 is 5.97 Å². The number of allylic oxidation sites excluding steroid dienone is 3. The van der Waals surface area contributed by atoms with Gasteiger partial charge in [0.15, 0.2) is 5.78 Å². The molecule has 172 valence electrons. The average molecular weight is 466 g/mol. The van der Waals surface area contributed by atoms with Gasteiger partial charge in [0.2, 0.25) is 0 Å². The van der Waals surface area contributed by atoms with Crippen molar-refractivity contribution in [3.8, 4) is 0 Å². The van der Waals surface area contributed by atoms with Crippen LogP contribution in [0.4, 0.5) is 4.39 Å². The number of Topliss-reactive ketones (excluding diaryl/α,β-unsaturated/α-hetero) is 1. The summed E-state index contributed by atoms with van der Waals surface area (Å²) in [7, 11) is 0. The number of thioether (sulfide) groups is 1. The predicted octanol–water partition coefficient (Wildman–Crippen LogP) is 5.48. The predicted molar refractivity (Wildman–Crippen MR) is 129 cm³/mol. The minimum Gasteiger partial charge on any atom is -0.461 e. The Morgan fingerprint density at radius 1 is 1.12 bits per heavy atom. The Balaban J connectivity index is 1.73. The van der Waals surface area contributed by atoms with E-state index in [1.54, 1.807) is 36.9 Å². The van der Waals surface area contributed by atoms with Crippen molar-refractivity contribution in [2.24, 2.45) is 0 Å². The average Bonchev–Trinajstić information content (AvgIpc) is 2.81. The quantitative estimate of drug-likeness (QED) is 0.433. The Labute approximate surface area is 198 Å². The van der Waals surface area contributed by atoms with Gasteiger partial charge in [0, 0.05) is 34.7 Å². The molecule has 0 amide bonds. The van der Waals surface area contributed by atoms with Crippen LogP contribution < -0.4 is 5.32 Å². The smallest absolute Gasteiger partial charge is 0.336 e. The standard InChI is InChI=1S/C27H28FNO3S/c1-3-33-14-13-32-27(31)24-17(2)29-22-15-19(18-9-5-4-6-10-18)16-23(30)26(22)25(24)20-11-7-8-12-21(20)28/h4-12,19,25,29H,3,13-16H2,1-2H3/t19-,25-/m1/s1. The third-order valence-electron chi connectivity index (χ3n) is 6.20. The van der Waals surface area contributed by atoms with Crippen LogP contribution in [0.2, 0.25) is 0 Å². The normalized spacial score (nSPS) is 20.4. The van der Waals surface area contributed by atoms with Crippen molar-refractivity contribution in [3.05, 3.63) is 94.1 Å². The fourth-order valence-corrected chi connectivity index (χ4v) is 5.20. The lowest BCUT2D eigenvalue weighted by Crippen LogP contribution is -2.36. The lowest BCUT2D eigenvalue weighted by molar-refractivity contribution is -0.138. The van der Waals surface area contributed by atoms with Crippen LogP contribution in [0, 0.1) is 5.82 Å². The Morgan fingerprint density at radius 3 is 2.58 bits per heavy atom. The second kappa shape index (κ2) is 10.4. The minimum absolute atomic E-state index is 0.0404. The van der Waals surface area contributed by atoms with Gasteiger partial charge in [-0.25, -0.2) is 9.18 Å². The van der Waals surface area contributed by atoms with Gasteiger partial charge < -0.3 is 10.1 Å². The molecule has 2 aromatic carbocycles. The zero-order valence-electron chi connectivity index (χ0n) is 18.9. The van der Waals surface area contributed by atoms with Crippen LogP contribution in [-0.2, 0) is 14.3 Å². The highest BCUT2D eigenvalue weighted by Gasteiger charge is 2.42. The summed E-state index contributed by atoms with van der Waals surface area (Å²) in [6.07, 6.45) is 0.951. The molecule has 0 saturated heterocycles. The number of hydrogen-bond donors (Lipinski definition) is 1. The second-order valence-corrected chi connectivity index (χ2v) is 9.68. The molecular weight excluding hydrogens is 437 g/mol.